The fourth-order valence-electron chi connectivity index (χ4n) is 1.98. The first-order valence-electron chi connectivity index (χ1n) is 7.62. The van der Waals surface area contributed by atoms with Crippen LogP contribution in [0.1, 0.15) is 27.6 Å². The van der Waals surface area contributed by atoms with Gasteiger partial charge in [-0.25, -0.2) is 4.79 Å². The summed E-state index contributed by atoms with van der Waals surface area (Å²) in [5, 5.41) is 3.42. The number of anilines is 1. The smallest absolute Gasteiger partial charge is 0.338 e. The van der Waals surface area contributed by atoms with Crippen LogP contribution in [0.15, 0.2) is 42.5 Å². The van der Waals surface area contributed by atoms with E-state index in [0.717, 1.165) is 0 Å². The van der Waals surface area contributed by atoms with Crippen LogP contribution in [0.3, 0.4) is 0 Å². The Morgan fingerprint density at radius 2 is 1.76 bits per heavy atom. The van der Waals surface area contributed by atoms with Gasteiger partial charge in [0, 0.05) is 17.3 Å². The number of nitrogens with one attached hydrogen (secondary N) is 1. The van der Waals surface area contributed by atoms with E-state index in [1.165, 1.54) is 6.07 Å². The average Bonchev–Trinajstić information content (AvgIpc) is 2.59. The molecule has 2 aromatic carbocycles. The lowest BCUT2D eigenvalue weighted by Gasteiger charge is -2.08. The molecule has 1 amide bonds. The lowest BCUT2D eigenvalue weighted by molar-refractivity contribution is 0.0335. The minimum absolute atomic E-state index is 0.195. The van der Waals surface area contributed by atoms with Gasteiger partial charge < -0.3 is 14.8 Å². The first-order chi connectivity index (χ1) is 12.0. The number of hydrogen-bond donors (Lipinski definition) is 1. The summed E-state index contributed by atoms with van der Waals surface area (Å²) in [5.41, 5.74) is 1.23. The second kappa shape index (κ2) is 9.42. The fraction of sp³-hybridized carbons (Fsp3) is 0.222. The van der Waals surface area contributed by atoms with Crippen LogP contribution >= 0.6 is 23.2 Å². The lowest BCUT2D eigenvalue weighted by atomic mass is 10.2. The average molecular weight is 382 g/mol. The maximum absolute atomic E-state index is 12.2. The topological polar surface area (TPSA) is 64.6 Å². The number of hydrogen-bond acceptors (Lipinski definition) is 4. The van der Waals surface area contributed by atoms with Gasteiger partial charge in [0.2, 0.25) is 0 Å². The predicted molar refractivity (Wildman–Crippen MR) is 97.6 cm³/mol. The normalized spacial score (nSPS) is 10.4. The minimum atomic E-state index is -0.446. The van der Waals surface area contributed by atoms with Crippen molar-refractivity contribution in [1.82, 2.24) is 0 Å². The Morgan fingerprint density at radius 1 is 1.04 bits per heavy atom. The highest BCUT2D eigenvalue weighted by Crippen LogP contribution is 2.22. The van der Waals surface area contributed by atoms with Gasteiger partial charge >= 0.3 is 5.97 Å². The number of carbonyl (C=O) groups excluding carboxylic acids is 2. The standard InChI is InChI=1S/C18H17Cl2NO4/c1-2-24-9-10-25-18(23)12-3-6-14(7-4-12)21-17(22)15-8-5-13(19)11-16(15)20/h3-8,11H,2,9-10H2,1H3,(H,21,22). The molecular formula is C18H17Cl2NO4. The van der Waals surface area contributed by atoms with Crippen molar-refractivity contribution in [3.8, 4) is 0 Å². The third-order valence-electron chi connectivity index (χ3n) is 3.22. The molecule has 0 aliphatic heterocycles. The Balaban J connectivity index is 1.95. The Bertz CT molecular complexity index is 747. The summed E-state index contributed by atoms with van der Waals surface area (Å²) in [6.07, 6.45) is 0. The molecule has 1 N–H and O–H groups in total. The molecule has 0 saturated heterocycles. The zero-order chi connectivity index (χ0) is 18.2. The van der Waals surface area contributed by atoms with E-state index in [4.69, 9.17) is 32.7 Å². The zero-order valence-corrected chi connectivity index (χ0v) is 15.1. The SMILES string of the molecule is CCOCCOC(=O)c1ccc(NC(=O)c2ccc(Cl)cc2Cl)cc1. The van der Waals surface area contributed by atoms with Gasteiger partial charge in [0.1, 0.15) is 6.61 Å². The molecule has 2 aromatic rings. The Morgan fingerprint density at radius 3 is 2.40 bits per heavy atom. The van der Waals surface area contributed by atoms with Crippen molar-refractivity contribution >= 4 is 40.8 Å². The summed E-state index contributed by atoms with van der Waals surface area (Å²) in [4.78, 5) is 24.1. The molecule has 5 nitrogen and oxygen atoms in total. The second-order valence-electron chi connectivity index (χ2n) is 4.99. The monoisotopic (exact) mass is 381 g/mol. The highest BCUT2D eigenvalue weighted by atomic mass is 35.5. The first-order valence-corrected chi connectivity index (χ1v) is 8.38. The number of halogens is 2. The maximum atomic E-state index is 12.2. The molecule has 0 heterocycles. The van der Waals surface area contributed by atoms with Crippen molar-refractivity contribution < 1.29 is 19.1 Å². The van der Waals surface area contributed by atoms with Gasteiger partial charge in [-0.3, -0.25) is 4.79 Å². The van der Waals surface area contributed by atoms with Crippen molar-refractivity contribution in [3.63, 3.8) is 0 Å². The zero-order valence-electron chi connectivity index (χ0n) is 13.6. The summed E-state index contributed by atoms with van der Waals surface area (Å²) in [6, 6.07) is 11.0. The summed E-state index contributed by atoms with van der Waals surface area (Å²) < 4.78 is 10.2. The van der Waals surface area contributed by atoms with E-state index >= 15 is 0 Å². The Kier molecular flexibility index (Phi) is 7.25. The summed E-state index contributed by atoms with van der Waals surface area (Å²) in [5.74, 6) is -0.813. The van der Waals surface area contributed by atoms with Crippen molar-refractivity contribution in [2.75, 3.05) is 25.1 Å². The van der Waals surface area contributed by atoms with Crippen LogP contribution < -0.4 is 5.32 Å². The van der Waals surface area contributed by atoms with E-state index < -0.39 is 5.97 Å². The molecule has 0 aromatic heterocycles. The number of amides is 1. The summed E-state index contributed by atoms with van der Waals surface area (Å²) in [6.45, 7) is 2.99. The van der Waals surface area contributed by atoms with Crippen LogP contribution in [0.4, 0.5) is 5.69 Å². The van der Waals surface area contributed by atoms with Gasteiger partial charge in [-0.15, -0.1) is 0 Å². The van der Waals surface area contributed by atoms with E-state index in [1.807, 2.05) is 6.92 Å². The quantitative estimate of drug-likeness (QED) is 0.568. The van der Waals surface area contributed by atoms with Gasteiger partial charge in [-0.05, 0) is 49.4 Å². The lowest BCUT2D eigenvalue weighted by Crippen LogP contribution is -2.13. The van der Waals surface area contributed by atoms with E-state index in [2.05, 4.69) is 5.32 Å². The van der Waals surface area contributed by atoms with Crippen LogP contribution in [0.2, 0.25) is 10.0 Å². The number of carbonyl (C=O) groups is 2. The molecule has 0 spiro atoms. The molecule has 25 heavy (non-hydrogen) atoms. The molecule has 0 bridgehead atoms. The molecule has 0 radical (unpaired) electrons. The van der Waals surface area contributed by atoms with Gasteiger partial charge in [-0.1, -0.05) is 23.2 Å². The molecule has 0 aliphatic carbocycles. The molecule has 0 unspecified atom stereocenters. The van der Waals surface area contributed by atoms with E-state index in [0.29, 0.717) is 35.1 Å². The third kappa shape index (κ3) is 5.74. The van der Waals surface area contributed by atoms with Crippen molar-refractivity contribution in [2.24, 2.45) is 0 Å². The van der Waals surface area contributed by atoms with Crippen LogP contribution in [-0.4, -0.2) is 31.7 Å². The summed E-state index contributed by atoms with van der Waals surface area (Å²) >= 11 is 11.8. The number of esters is 1. The fourth-order valence-corrected chi connectivity index (χ4v) is 2.48. The molecule has 0 fully saturated rings. The van der Waals surface area contributed by atoms with Gasteiger partial charge in [0.15, 0.2) is 0 Å². The molecule has 2 rings (SSSR count). The highest BCUT2D eigenvalue weighted by Gasteiger charge is 2.12. The van der Waals surface area contributed by atoms with Crippen LogP contribution in [0, 0.1) is 0 Å². The van der Waals surface area contributed by atoms with Gasteiger partial charge in [-0.2, -0.15) is 0 Å². The van der Waals surface area contributed by atoms with E-state index in [-0.39, 0.29) is 17.5 Å². The molecular weight excluding hydrogens is 365 g/mol. The number of rotatable bonds is 7. The highest BCUT2D eigenvalue weighted by molar-refractivity contribution is 6.37. The third-order valence-corrected chi connectivity index (χ3v) is 3.77. The van der Waals surface area contributed by atoms with Crippen LogP contribution in [-0.2, 0) is 9.47 Å². The molecule has 132 valence electrons. The first kappa shape index (κ1) is 19.2. The Labute approximate surface area is 155 Å². The van der Waals surface area contributed by atoms with Gasteiger partial charge in [0.25, 0.3) is 5.91 Å². The van der Waals surface area contributed by atoms with Gasteiger partial charge in [0.05, 0.1) is 22.8 Å². The molecule has 0 saturated carbocycles. The second-order valence-corrected chi connectivity index (χ2v) is 5.83. The van der Waals surface area contributed by atoms with Crippen LogP contribution in [0.25, 0.3) is 0 Å². The van der Waals surface area contributed by atoms with Crippen LogP contribution in [0.5, 0.6) is 0 Å². The number of benzene rings is 2. The molecule has 7 heteroatoms. The maximum Gasteiger partial charge on any atom is 0.338 e. The van der Waals surface area contributed by atoms with E-state index in [1.54, 1.807) is 36.4 Å². The number of ether oxygens (including phenoxy) is 2. The van der Waals surface area contributed by atoms with Crippen molar-refractivity contribution in [3.05, 3.63) is 63.6 Å². The predicted octanol–water partition coefficient (Wildman–Crippen LogP) is 4.44. The van der Waals surface area contributed by atoms with Crippen molar-refractivity contribution in [2.45, 2.75) is 6.92 Å². The molecule has 0 atom stereocenters. The molecule has 0 aliphatic rings. The summed E-state index contributed by atoms with van der Waals surface area (Å²) in [7, 11) is 0. The van der Waals surface area contributed by atoms with E-state index in [9.17, 15) is 9.59 Å². The largest absolute Gasteiger partial charge is 0.460 e. The van der Waals surface area contributed by atoms with Crippen molar-refractivity contribution in [1.29, 1.82) is 0 Å². The Hall–Kier alpha value is -2.08. The minimum Gasteiger partial charge on any atom is -0.460 e.